The largest absolute Gasteiger partial charge is 0.323 e. The molecule has 0 atom stereocenters. The quantitative estimate of drug-likeness (QED) is 0.923. The van der Waals surface area contributed by atoms with E-state index in [0.29, 0.717) is 28.7 Å². The Bertz CT molecular complexity index is 706. The monoisotopic (exact) mass is 337 g/mol. The molecule has 22 heavy (non-hydrogen) atoms. The molecule has 2 heterocycles. The van der Waals surface area contributed by atoms with E-state index in [1.807, 2.05) is 0 Å². The molecule has 1 N–H and O–H groups in total. The second-order valence-corrected chi connectivity index (χ2v) is 6.07. The number of rotatable bonds is 4. The highest BCUT2D eigenvalue weighted by Gasteiger charge is 2.23. The number of anilines is 1. The van der Waals surface area contributed by atoms with Crippen LogP contribution < -0.4 is 5.32 Å². The molecule has 0 saturated carbocycles. The Morgan fingerprint density at radius 3 is 3.00 bits per heavy atom. The van der Waals surface area contributed by atoms with Crippen molar-refractivity contribution in [3.05, 3.63) is 35.9 Å². The van der Waals surface area contributed by atoms with E-state index in [1.54, 1.807) is 18.2 Å². The Labute approximate surface area is 135 Å². The summed E-state index contributed by atoms with van der Waals surface area (Å²) in [5.74, 6) is 0.438. The van der Waals surface area contributed by atoms with Crippen molar-refractivity contribution in [1.29, 1.82) is 0 Å². The Kier molecular flexibility index (Phi) is 4.30. The summed E-state index contributed by atoms with van der Waals surface area (Å²) in [6.07, 6.45) is 2.93. The van der Waals surface area contributed by atoms with Crippen molar-refractivity contribution >= 4 is 40.2 Å². The van der Waals surface area contributed by atoms with Gasteiger partial charge in [-0.25, -0.2) is 9.67 Å². The molecule has 9 heteroatoms. The molecule has 7 nitrogen and oxygen atoms in total. The standard InChI is InChI=1S/C13H12ClN5O2S/c14-9-1-2-11(19-8-15-7-16-19)10(5-9)17-12(20)6-18-3-4-22-13(18)21/h1-2,5,7-8H,3-4,6H2,(H,17,20). The fraction of sp³-hybridized carbons (Fsp3) is 0.231. The summed E-state index contributed by atoms with van der Waals surface area (Å²) >= 11 is 7.21. The van der Waals surface area contributed by atoms with Crippen LogP contribution in [0.3, 0.4) is 0 Å². The van der Waals surface area contributed by atoms with Gasteiger partial charge in [0, 0.05) is 17.3 Å². The number of amides is 2. The van der Waals surface area contributed by atoms with Gasteiger partial charge in [-0.05, 0) is 18.2 Å². The molecule has 1 aromatic carbocycles. The van der Waals surface area contributed by atoms with Crippen molar-refractivity contribution in [2.45, 2.75) is 0 Å². The van der Waals surface area contributed by atoms with E-state index in [9.17, 15) is 9.59 Å². The molecule has 1 aromatic heterocycles. The number of carbonyl (C=O) groups is 2. The summed E-state index contributed by atoms with van der Waals surface area (Å²) in [6, 6.07) is 5.08. The second kappa shape index (κ2) is 6.37. The van der Waals surface area contributed by atoms with Gasteiger partial charge in [-0.1, -0.05) is 23.4 Å². The van der Waals surface area contributed by atoms with Crippen molar-refractivity contribution < 1.29 is 9.59 Å². The van der Waals surface area contributed by atoms with E-state index < -0.39 is 0 Å². The molecule has 2 aromatic rings. The molecule has 114 valence electrons. The van der Waals surface area contributed by atoms with E-state index in [1.165, 1.54) is 34.0 Å². The molecule has 2 amide bonds. The predicted octanol–water partition coefficient (Wildman–Crippen LogP) is 2.03. The number of hydrogen-bond acceptors (Lipinski definition) is 5. The van der Waals surface area contributed by atoms with Crippen LogP contribution in [0.1, 0.15) is 0 Å². The number of hydrogen-bond donors (Lipinski definition) is 1. The first kappa shape index (κ1) is 14.9. The normalized spacial score (nSPS) is 14.4. The van der Waals surface area contributed by atoms with Crippen LogP contribution >= 0.6 is 23.4 Å². The third kappa shape index (κ3) is 3.23. The Hall–Kier alpha value is -2.06. The summed E-state index contributed by atoms with van der Waals surface area (Å²) in [5.41, 5.74) is 1.17. The molecule has 0 bridgehead atoms. The van der Waals surface area contributed by atoms with Gasteiger partial charge < -0.3 is 10.2 Å². The molecule has 1 fully saturated rings. The lowest BCUT2D eigenvalue weighted by Gasteiger charge is -2.15. The van der Waals surface area contributed by atoms with Gasteiger partial charge in [-0.3, -0.25) is 9.59 Å². The van der Waals surface area contributed by atoms with E-state index in [4.69, 9.17) is 11.6 Å². The first-order valence-corrected chi connectivity index (χ1v) is 7.86. The van der Waals surface area contributed by atoms with Gasteiger partial charge >= 0.3 is 0 Å². The van der Waals surface area contributed by atoms with E-state index >= 15 is 0 Å². The zero-order valence-electron chi connectivity index (χ0n) is 11.4. The third-order valence-electron chi connectivity index (χ3n) is 3.08. The molecule has 0 aliphatic carbocycles. The van der Waals surface area contributed by atoms with Crippen LogP contribution in [0.4, 0.5) is 10.5 Å². The van der Waals surface area contributed by atoms with Gasteiger partial charge in [0.25, 0.3) is 5.24 Å². The lowest BCUT2D eigenvalue weighted by molar-refractivity contribution is -0.116. The number of benzene rings is 1. The number of nitrogens with one attached hydrogen (secondary N) is 1. The summed E-state index contributed by atoms with van der Waals surface area (Å²) in [4.78, 5) is 29.1. The third-order valence-corrected chi connectivity index (χ3v) is 4.20. The number of halogens is 1. The SMILES string of the molecule is O=C(CN1CCSC1=O)Nc1cc(Cl)ccc1-n1cncn1. The van der Waals surface area contributed by atoms with Gasteiger partial charge in [-0.2, -0.15) is 5.10 Å². The summed E-state index contributed by atoms with van der Waals surface area (Å²) < 4.78 is 1.53. The van der Waals surface area contributed by atoms with Gasteiger partial charge in [-0.15, -0.1) is 0 Å². The predicted molar refractivity (Wildman–Crippen MR) is 84.4 cm³/mol. The summed E-state index contributed by atoms with van der Waals surface area (Å²) in [5, 5.41) is 7.24. The van der Waals surface area contributed by atoms with E-state index in [2.05, 4.69) is 15.4 Å². The van der Waals surface area contributed by atoms with Gasteiger partial charge in [0.15, 0.2) is 0 Å². The molecule has 3 rings (SSSR count). The maximum atomic E-state index is 12.1. The van der Waals surface area contributed by atoms with Crippen molar-refractivity contribution in [3.63, 3.8) is 0 Å². The van der Waals surface area contributed by atoms with Gasteiger partial charge in [0.2, 0.25) is 5.91 Å². The molecule has 1 aliphatic rings. The number of aromatic nitrogens is 3. The minimum absolute atomic E-state index is 0.0230. The van der Waals surface area contributed by atoms with E-state index in [0.717, 1.165) is 0 Å². The van der Waals surface area contributed by atoms with Crippen molar-refractivity contribution in [2.24, 2.45) is 0 Å². The van der Waals surface area contributed by atoms with Crippen LogP contribution in [0.25, 0.3) is 5.69 Å². The Balaban J connectivity index is 1.78. The minimum atomic E-state index is -0.278. The average molecular weight is 338 g/mol. The molecular weight excluding hydrogens is 326 g/mol. The Morgan fingerprint density at radius 1 is 1.45 bits per heavy atom. The van der Waals surface area contributed by atoms with E-state index in [-0.39, 0.29) is 17.7 Å². The van der Waals surface area contributed by atoms with Crippen molar-refractivity contribution in [1.82, 2.24) is 19.7 Å². The zero-order chi connectivity index (χ0) is 15.5. The molecule has 1 aliphatic heterocycles. The smallest absolute Gasteiger partial charge is 0.282 e. The molecule has 0 spiro atoms. The van der Waals surface area contributed by atoms with Gasteiger partial charge in [0.1, 0.15) is 19.2 Å². The first-order valence-electron chi connectivity index (χ1n) is 6.49. The first-order chi connectivity index (χ1) is 10.6. The maximum Gasteiger partial charge on any atom is 0.282 e. The van der Waals surface area contributed by atoms with Crippen LogP contribution in [0.2, 0.25) is 5.02 Å². The highest BCUT2D eigenvalue weighted by Crippen LogP contribution is 2.24. The lowest BCUT2D eigenvalue weighted by Crippen LogP contribution is -2.33. The van der Waals surface area contributed by atoms with Crippen LogP contribution in [-0.2, 0) is 4.79 Å². The topological polar surface area (TPSA) is 80.1 Å². The average Bonchev–Trinajstić information content (AvgIpc) is 3.12. The fourth-order valence-corrected chi connectivity index (χ4v) is 3.07. The molecule has 0 radical (unpaired) electrons. The number of nitrogens with zero attached hydrogens (tertiary/aromatic N) is 4. The lowest BCUT2D eigenvalue weighted by atomic mass is 10.2. The highest BCUT2D eigenvalue weighted by molar-refractivity contribution is 8.13. The fourth-order valence-electron chi connectivity index (χ4n) is 2.07. The van der Waals surface area contributed by atoms with Crippen LogP contribution in [-0.4, -0.2) is 49.7 Å². The van der Waals surface area contributed by atoms with Crippen LogP contribution in [0.5, 0.6) is 0 Å². The summed E-state index contributed by atoms with van der Waals surface area (Å²) in [6.45, 7) is 0.609. The molecule has 0 unspecified atom stereocenters. The van der Waals surface area contributed by atoms with Crippen LogP contribution in [0, 0.1) is 0 Å². The Morgan fingerprint density at radius 2 is 2.32 bits per heavy atom. The highest BCUT2D eigenvalue weighted by atomic mass is 35.5. The second-order valence-electron chi connectivity index (χ2n) is 4.59. The van der Waals surface area contributed by atoms with Crippen LogP contribution in [0.15, 0.2) is 30.9 Å². The summed E-state index contributed by atoms with van der Waals surface area (Å²) in [7, 11) is 0. The van der Waals surface area contributed by atoms with Crippen molar-refractivity contribution in [3.8, 4) is 5.69 Å². The number of thioether (sulfide) groups is 1. The van der Waals surface area contributed by atoms with Crippen molar-refractivity contribution in [2.75, 3.05) is 24.2 Å². The maximum absolute atomic E-state index is 12.1. The molecule has 1 saturated heterocycles. The molecular formula is C13H12ClN5O2S. The zero-order valence-corrected chi connectivity index (χ0v) is 13.0. The number of carbonyl (C=O) groups excluding carboxylic acids is 2. The van der Waals surface area contributed by atoms with Gasteiger partial charge in [0.05, 0.1) is 11.4 Å². The minimum Gasteiger partial charge on any atom is -0.323 e.